The van der Waals surface area contributed by atoms with Crippen LogP contribution in [-0.4, -0.2) is 85.2 Å². The number of hydrogen-bond acceptors (Lipinski definition) is 8. The summed E-state index contributed by atoms with van der Waals surface area (Å²) in [7, 11) is 4.38. The first-order valence-corrected chi connectivity index (χ1v) is 14.1. The Kier molecular flexibility index (Phi) is 11.2. The number of carbonyl (C=O) groups is 1. The van der Waals surface area contributed by atoms with E-state index in [1.165, 1.54) is 51.1 Å². The highest BCUT2D eigenvalue weighted by atomic mass is 32.1. The first-order valence-electron chi connectivity index (χ1n) is 13.2. The van der Waals surface area contributed by atoms with Crippen LogP contribution in [0.3, 0.4) is 0 Å². The number of aliphatic hydroxyl groups is 1. The van der Waals surface area contributed by atoms with E-state index in [1.54, 1.807) is 26.4 Å². The Labute approximate surface area is 229 Å². The summed E-state index contributed by atoms with van der Waals surface area (Å²) in [6.07, 6.45) is 9.58. The van der Waals surface area contributed by atoms with Crippen LogP contribution in [0.25, 0.3) is 10.1 Å². The fraction of sp³-hybridized carbons (Fsp3) is 0.536. The van der Waals surface area contributed by atoms with E-state index in [-0.39, 0.29) is 11.6 Å². The molecule has 208 valence electrons. The van der Waals surface area contributed by atoms with Gasteiger partial charge in [0.2, 0.25) is 6.41 Å². The monoisotopic (exact) mass is 544 g/mol. The highest BCUT2D eigenvalue weighted by molar-refractivity contribution is 7.19. The summed E-state index contributed by atoms with van der Waals surface area (Å²) in [5.41, 5.74) is 2.32. The normalized spacial score (nSPS) is 15.9. The Morgan fingerprint density at radius 1 is 1.13 bits per heavy atom. The van der Waals surface area contributed by atoms with Crippen molar-refractivity contribution in [1.29, 1.82) is 0 Å². The lowest BCUT2D eigenvalue weighted by molar-refractivity contribution is -0.115. The Morgan fingerprint density at radius 2 is 1.79 bits per heavy atom. The molecule has 0 atom stereocenters. The highest BCUT2D eigenvalue weighted by Crippen LogP contribution is 2.43. The van der Waals surface area contributed by atoms with Crippen molar-refractivity contribution in [2.45, 2.75) is 45.4 Å². The zero-order valence-electron chi connectivity index (χ0n) is 23.2. The number of halogens is 1. The number of hydrogen-bond donors (Lipinski definition) is 2. The molecule has 4 heterocycles. The van der Waals surface area contributed by atoms with E-state index in [0.717, 1.165) is 51.9 Å². The molecule has 0 aromatic carbocycles. The summed E-state index contributed by atoms with van der Waals surface area (Å²) in [6.45, 7) is 9.27. The second kappa shape index (κ2) is 14.4. The molecule has 1 aliphatic heterocycles. The van der Waals surface area contributed by atoms with Gasteiger partial charge in [-0.25, -0.2) is 14.4 Å². The zero-order chi connectivity index (χ0) is 27.7. The predicted octanol–water partition coefficient (Wildman–Crippen LogP) is 4.99. The van der Waals surface area contributed by atoms with Crippen molar-refractivity contribution in [3.05, 3.63) is 40.8 Å². The van der Waals surface area contributed by atoms with Crippen LogP contribution in [0.4, 0.5) is 21.7 Å². The summed E-state index contributed by atoms with van der Waals surface area (Å²) in [4.78, 5) is 25.8. The van der Waals surface area contributed by atoms with Gasteiger partial charge in [-0.3, -0.25) is 4.79 Å². The smallest absolute Gasteiger partial charge is 0.209 e. The number of nitrogens with one attached hydrogen (secondary N) is 1. The van der Waals surface area contributed by atoms with Gasteiger partial charge in [0, 0.05) is 69.9 Å². The first kappa shape index (κ1) is 29.7. The van der Waals surface area contributed by atoms with Gasteiger partial charge in [-0.1, -0.05) is 19.8 Å². The molecule has 38 heavy (non-hydrogen) atoms. The minimum absolute atomic E-state index is 0.233. The molecule has 3 aromatic rings. The van der Waals surface area contributed by atoms with Gasteiger partial charge in [0.1, 0.15) is 5.82 Å². The van der Waals surface area contributed by atoms with E-state index in [4.69, 9.17) is 5.11 Å². The first-order chi connectivity index (χ1) is 18.4. The molecule has 0 spiro atoms. The average molecular weight is 545 g/mol. The molecule has 2 aliphatic rings. The van der Waals surface area contributed by atoms with Crippen molar-refractivity contribution in [1.82, 2.24) is 19.8 Å². The lowest BCUT2D eigenvalue weighted by Crippen LogP contribution is -2.46. The fourth-order valence-corrected chi connectivity index (χ4v) is 6.17. The molecule has 2 N–H and O–H groups in total. The van der Waals surface area contributed by atoms with E-state index in [0.29, 0.717) is 11.7 Å². The van der Waals surface area contributed by atoms with Crippen molar-refractivity contribution >= 4 is 45.2 Å². The third kappa shape index (κ3) is 7.39. The molecule has 1 aliphatic carbocycles. The molecular formula is C28H41FN6O2S. The summed E-state index contributed by atoms with van der Waals surface area (Å²) in [5.74, 6) is 1.19. The topological polar surface area (TPSA) is 84.8 Å². The number of aliphatic hydroxyl groups excluding tert-OH is 1. The highest BCUT2D eigenvalue weighted by Gasteiger charge is 2.23. The van der Waals surface area contributed by atoms with E-state index < -0.39 is 0 Å². The van der Waals surface area contributed by atoms with Gasteiger partial charge >= 0.3 is 0 Å². The van der Waals surface area contributed by atoms with Gasteiger partial charge in [0.05, 0.1) is 16.6 Å². The molecular weight excluding hydrogens is 503 g/mol. The van der Waals surface area contributed by atoms with Crippen molar-refractivity contribution in [2.24, 2.45) is 0 Å². The molecule has 3 aromatic heterocycles. The second-order valence-electron chi connectivity index (χ2n) is 9.76. The van der Waals surface area contributed by atoms with Gasteiger partial charge in [-0.15, -0.1) is 11.3 Å². The lowest BCUT2D eigenvalue weighted by Gasteiger charge is -2.35. The van der Waals surface area contributed by atoms with Crippen LogP contribution >= 0.6 is 11.3 Å². The number of nitrogens with zero attached hydrogens (tertiary/aromatic N) is 5. The van der Waals surface area contributed by atoms with Crippen molar-refractivity contribution in [3.63, 3.8) is 0 Å². The van der Waals surface area contributed by atoms with Crippen LogP contribution in [0.2, 0.25) is 0 Å². The molecule has 2 fully saturated rings. The second-order valence-corrected chi connectivity index (χ2v) is 11.0. The number of rotatable bonds is 6. The number of fused-ring (bicyclic) bond motifs is 1. The quantitative estimate of drug-likeness (QED) is 0.423. The molecule has 1 amide bonds. The number of pyridine rings is 2. The predicted molar refractivity (Wildman–Crippen MR) is 155 cm³/mol. The van der Waals surface area contributed by atoms with Gasteiger partial charge in [-0.05, 0) is 43.9 Å². The van der Waals surface area contributed by atoms with Crippen LogP contribution in [-0.2, 0) is 4.79 Å². The molecule has 1 saturated heterocycles. The Hall–Kier alpha value is -2.82. The summed E-state index contributed by atoms with van der Waals surface area (Å²) in [6, 6.07) is 3.67. The van der Waals surface area contributed by atoms with E-state index in [9.17, 15) is 9.18 Å². The maximum atomic E-state index is 14.9. The van der Waals surface area contributed by atoms with Crippen molar-refractivity contribution in [2.75, 3.05) is 64.1 Å². The molecule has 0 radical (unpaired) electrons. The third-order valence-corrected chi connectivity index (χ3v) is 8.10. The summed E-state index contributed by atoms with van der Waals surface area (Å²) >= 11 is 1.81. The molecule has 5 rings (SSSR count). The Balaban J connectivity index is 0.000000515. The molecule has 0 bridgehead atoms. The summed E-state index contributed by atoms with van der Waals surface area (Å²) < 4.78 is 16.1. The minimum atomic E-state index is -0.338. The Morgan fingerprint density at radius 3 is 2.37 bits per heavy atom. The standard InChI is InChI=1S/C24H30FN5S.C3H7NO.CH4O/c1-3-29-8-10-30(11-9-29)18-12-20(25)24(27-14-18)28-22-13-19-21(15-26-22)31-16(2)23(19)17-6-4-5-7-17;1-4(2)3-5;1-2/h12-15,17H,3-11H2,1-2H3,(H,26,27,28);3H,1-2H3;2H,1H3. The van der Waals surface area contributed by atoms with E-state index in [1.807, 2.05) is 17.5 Å². The van der Waals surface area contributed by atoms with E-state index >= 15 is 0 Å². The average Bonchev–Trinajstić information content (AvgIpc) is 3.58. The SMILES string of the molecule is CCN1CCN(c2cnc(Nc3cc4c(C5CCCC5)c(C)sc4cn3)c(F)c2)CC1.CN(C)C=O.CO. The molecule has 8 nitrogen and oxygen atoms in total. The van der Waals surface area contributed by atoms with Crippen LogP contribution in [0.5, 0.6) is 0 Å². The number of thiophene rings is 1. The van der Waals surface area contributed by atoms with E-state index in [2.05, 4.69) is 45.0 Å². The number of piperazine rings is 1. The molecule has 1 saturated carbocycles. The number of anilines is 3. The maximum Gasteiger partial charge on any atom is 0.209 e. The summed E-state index contributed by atoms with van der Waals surface area (Å²) in [5, 5.41) is 11.4. The number of likely N-dealkylation sites (N-methyl/N-ethyl adjacent to an activating group) is 1. The fourth-order valence-electron chi connectivity index (χ4n) is 5.07. The number of aromatic nitrogens is 2. The maximum absolute atomic E-state index is 14.9. The molecule has 0 unspecified atom stereocenters. The largest absolute Gasteiger partial charge is 0.400 e. The van der Waals surface area contributed by atoms with Crippen LogP contribution in [0.1, 0.15) is 49.0 Å². The van der Waals surface area contributed by atoms with Crippen LogP contribution in [0.15, 0.2) is 24.5 Å². The molecule has 10 heteroatoms. The van der Waals surface area contributed by atoms with Crippen LogP contribution < -0.4 is 10.2 Å². The van der Waals surface area contributed by atoms with Gasteiger partial charge in [0.15, 0.2) is 11.6 Å². The van der Waals surface area contributed by atoms with Gasteiger partial charge in [-0.2, -0.15) is 0 Å². The number of amides is 1. The lowest BCUT2D eigenvalue weighted by atomic mass is 9.95. The minimum Gasteiger partial charge on any atom is -0.400 e. The van der Waals surface area contributed by atoms with Crippen molar-refractivity contribution < 1.29 is 14.3 Å². The zero-order valence-corrected chi connectivity index (χ0v) is 24.0. The third-order valence-electron chi connectivity index (χ3n) is 7.03. The van der Waals surface area contributed by atoms with Crippen molar-refractivity contribution in [3.8, 4) is 0 Å². The number of carbonyl (C=O) groups excluding carboxylic acids is 1. The Bertz CT molecular complexity index is 1170. The van der Waals surface area contributed by atoms with Gasteiger partial charge in [0.25, 0.3) is 0 Å². The number of aryl methyl sites for hydroxylation is 1. The van der Waals surface area contributed by atoms with Gasteiger partial charge < -0.3 is 25.1 Å². The van der Waals surface area contributed by atoms with Crippen LogP contribution in [0, 0.1) is 12.7 Å².